The minimum atomic E-state index is -0.125. The van der Waals surface area contributed by atoms with Gasteiger partial charge in [0.15, 0.2) is 0 Å². The summed E-state index contributed by atoms with van der Waals surface area (Å²) in [6.45, 7) is 0.693. The average Bonchev–Trinajstić information content (AvgIpc) is 2.37. The average molecular weight is 303 g/mol. The van der Waals surface area contributed by atoms with Gasteiger partial charge in [-0.05, 0) is 18.2 Å². The maximum atomic E-state index is 12.0. The maximum Gasteiger partial charge on any atom is 0.253 e. The lowest BCUT2D eigenvalue weighted by molar-refractivity contribution is 0.0955. The lowest BCUT2D eigenvalue weighted by atomic mass is 10.1. The van der Waals surface area contributed by atoms with E-state index in [1.807, 2.05) is 23.5 Å². The molecule has 0 saturated carbocycles. The maximum absolute atomic E-state index is 12.0. The predicted octanol–water partition coefficient (Wildman–Crippen LogP) is 2.50. The van der Waals surface area contributed by atoms with Crippen LogP contribution in [0.3, 0.4) is 0 Å². The van der Waals surface area contributed by atoms with Crippen molar-refractivity contribution in [2.24, 2.45) is 0 Å². The topological polar surface area (TPSA) is 55.1 Å². The summed E-state index contributed by atoms with van der Waals surface area (Å²) in [5, 5.41) is 3.98. The molecule has 98 valence electrons. The van der Waals surface area contributed by atoms with Crippen molar-refractivity contribution < 1.29 is 4.79 Å². The number of hydrogen-bond donors (Lipinski definition) is 2. The van der Waals surface area contributed by atoms with Crippen LogP contribution in [-0.2, 0) is 0 Å². The van der Waals surface area contributed by atoms with Gasteiger partial charge in [-0.3, -0.25) is 4.79 Å². The smallest absolute Gasteiger partial charge is 0.253 e. The van der Waals surface area contributed by atoms with Gasteiger partial charge < -0.3 is 11.1 Å². The highest BCUT2D eigenvalue weighted by Gasteiger charge is 2.16. The lowest BCUT2D eigenvalue weighted by Gasteiger charge is -2.21. The van der Waals surface area contributed by atoms with Crippen molar-refractivity contribution in [2.75, 3.05) is 29.5 Å². The van der Waals surface area contributed by atoms with Crippen LogP contribution in [0.2, 0.25) is 5.02 Å². The summed E-state index contributed by atoms with van der Waals surface area (Å²) in [5.41, 5.74) is 6.69. The molecule has 1 heterocycles. The third kappa shape index (κ3) is 3.73. The molecule has 3 N–H and O–H groups in total. The fourth-order valence-corrected chi connectivity index (χ4v) is 4.49. The van der Waals surface area contributed by atoms with Crippen molar-refractivity contribution in [3.63, 3.8) is 0 Å². The predicted molar refractivity (Wildman–Crippen MR) is 81.8 cm³/mol. The normalized spacial score (nSPS) is 19.5. The summed E-state index contributed by atoms with van der Waals surface area (Å²) in [6, 6.07) is 4.94. The summed E-state index contributed by atoms with van der Waals surface area (Å²) in [4.78, 5) is 12.0. The number of carbonyl (C=O) groups is 1. The molecule has 1 saturated heterocycles. The van der Waals surface area contributed by atoms with Crippen LogP contribution >= 0.6 is 35.1 Å². The number of thioether (sulfide) groups is 2. The molecule has 2 rings (SSSR count). The van der Waals surface area contributed by atoms with Crippen LogP contribution in [-0.4, -0.2) is 35.0 Å². The van der Waals surface area contributed by atoms with Gasteiger partial charge in [0.1, 0.15) is 0 Å². The third-order valence-corrected chi connectivity index (χ3v) is 5.71. The Morgan fingerprint density at radius 3 is 3.00 bits per heavy atom. The van der Waals surface area contributed by atoms with Crippen molar-refractivity contribution in [3.05, 3.63) is 28.8 Å². The molecule has 1 aromatic carbocycles. The van der Waals surface area contributed by atoms with Gasteiger partial charge in [0.2, 0.25) is 0 Å². The Hall–Kier alpha value is -0.520. The first kappa shape index (κ1) is 13.9. The second-order valence-corrected chi connectivity index (χ2v) is 7.00. The van der Waals surface area contributed by atoms with Gasteiger partial charge in [0.05, 0.1) is 5.56 Å². The third-order valence-electron chi connectivity index (χ3n) is 2.63. The van der Waals surface area contributed by atoms with Gasteiger partial charge >= 0.3 is 0 Å². The number of nitrogens with one attached hydrogen (secondary N) is 1. The molecule has 1 aromatic rings. The minimum Gasteiger partial charge on any atom is -0.398 e. The van der Waals surface area contributed by atoms with E-state index in [9.17, 15) is 4.79 Å². The van der Waals surface area contributed by atoms with Gasteiger partial charge in [-0.2, -0.15) is 23.5 Å². The Morgan fingerprint density at radius 1 is 1.50 bits per heavy atom. The summed E-state index contributed by atoms with van der Waals surface area (Å²) < 4.78 is 0. The van der Waals surface area contributed by atoms with E-state index in [1.54, 1.807) is 18.2 Å². The van der Waals surface area contributed by atoms with Crippen molar-refractivity contribution in [2.45, 2.75) is 5.25 Å². The van der Waals surface area contributed by atoms with E-state index < -0.39 is 0 Å². The molecular weight excluding hydrogens is 288 g/mol. The van der Waals surface area contributed by atoms with Gasteiger partial charge in [0.25, 0.3) is 5.91 Å². The number of nitrogens with two attached hydrogens (primary N) is 1. The molecule has 0 spiro atoms. The zero-order chi connectivity index (χ0) is 13.0. The molecular formula is C12H15ClN2OS2. The summed E-state index contributed by atoms with van der Waals surface area (Å²) in [7, 11) is 0. The zero-order valence-electron chi connectivity index (χ0n) is 9.82. The Kier molecular flexibility index (Phi) is 5.09. The second kappa shape index (κ2) is 6.59. The van der Waals surface area contributed by atoms with E-state index in [0.29, 0.717) is 28.1 Å². The first-order valence-corrected chi connectivity index (χ1v) is 8.27. The summed E-state index contributed by atoms with van der Waals surface area (Å²) >= 11 is 9.66. The van der Waals surface area contributed by atoms with Gasteiger partial charge in [0, 0.05) is 39.8 Å². The molecule has 1 aliphatic heterocycles. The zero-order valence-corrected chi connectivity index (χ0v) is 12.2. The first-order valence-electron chi connectivity index (χ1n) is 5.69. The second-order valence-electron chi connectivity index (χ2n) is 4.01. The fourth-order valence-electron chi connectivity index (χ4n) is 1.70. The summed E-state index contributed by atoms with van der Waals surface area (Å²) in [6.07, 6.45) is 0. The SMILES string of the molecule is Nc1cc(Cl)ccc1C(=O)NCC1CSCCS1. The quantitative estimate of drug-likeness (QED) is 0.842. The van der Waals surface area contributed by atoms with Crippen LogP contribution in [0, 0.1) is 0 Å². The van der Waals surface area contributed by atoms with E-state index in [-0.39, 0.29) is 5.91 Å². The van der Waals surface area contributed by atoms with Crippen molar-refractivity contribution >= 4 is 46.7 Å². The molecule has 1 fully saturated rings. The molecule has 0 bridgehead atoms. The molecule has 1 amide bonds. The fraction of sp³-hybridized carbons (Fsp3) is 0.417. The van der Waals surface area contributed by atoms with Gasteiger partial charge in [-0.1, -0.05) is 11.6 Å². The highest BCUT2D eigenvalue weighted by Crippen LogP contribution is 2.23. The molecule has 0 radical (unpaired) electrons. The highest BCUT2D eigenvalue weighted by atomic mass is 35.5. The number of rotatable bonds is 3. The first-order chi connectivity index (χ1) is 8.66. The van der Waals surface area contributed by atoms with E-state index in [4.69, 9.17) is 17.3 Å². The Labute approximate surface area is 120 Å². The number of nitrogen functional groups attached to an aromatic ring is 1. The van der Waals surface area contributed by atoms with E-state index >= 15 is 0 Å². The number of amides is 1. The van der Waals surface area contributed by atoms with Gasteiger partial charge in [-0.25, -0.2) is 0 Å². The van der Waals surface area contributed by atoms with E-state index in [2.05, 4.69) is 5.32 Å². The van der Waals surface area contributed by atoms with Gasteiger partial charge in [-0.15, -0.1) is 0 Å². The monoisotopic (exact) mass is 302 g/mol. The largest absolute Gasteiger partial charge is 0.398 e. The Balaban J connectivity index is 1.90. The van der Waals surface area contributed by atoms with Crippen LogP contribution < -0.4 is 11.1 Å². The molecule has 0 aromatic heterocycles. The van der Waals surface area contributed by atoms with Crippen LogP contribution in [0.4, 0.5) is 5.69 Å². The van der Waals surface area contributed by atoms with Crippen molar-refractivity contribution in [3.8, 4) is 0 Å². The number of halogens is 1. The standard InChI is InChI=1S/C12H15ClN2OS2/c13-8-1-2-10(11(14)5-8)12(16)15-6-9-7-17-3-4-18-9/h1-2,5,9H,3-4,6-7,14H2,(H,15,16). The molecule has 1 atom stereocenters. The highest BCUT2D eigenvalue weighted by molar-refractivity contribution is 8.06. The number of anilines is 1. The van der Waals surface area contributed by atoms with E-state index in [0.717, 1.165) is 11.5 Å². The number of carbonyl (C=O) groups excluding carboxylic acids is 1. The summed E-state index contributed by atoms with van der Waals surface area (Å²) in [5.74, 6) is 3.34. The number of hydrogen-bond acceptors (Lipinski definition) is 4. The van der Waals surface area contributed by atoms with Crippen LogP contribution in [0.1, 0.15) is 10.4 Å². The Morgan fingerprint density at radius 2 is 2.33 bits per heavy atom. The van der Waals surface area contributed by atoms with E-state index in [1.165, 1.54) is 5.75 Å². The van der Waals surface area contributed by atoms with Crippen LogP contribution in [0.25, 0.3) is 0 Å². The van der Waals surface area contributed by atoms with Crippen molar-refractivity contribution in [1.82, 2.24) is 5.32 Å². The molecule has 1 aliphatic rings. The molecule has 1 unspecified atom stereocenters. The molecule has 6 heteroatoms. The molecule has 18 heavy (non-hydrogen) atoms. The van der Waals surface area contributed by atoms with Crippen LogP contribution in [0.5, 0.6) is 0 Å². The lowest BCUT2D eigenvalue weighted by Crippen LogP contribution is -2.33. The van der Waals surface area contributed by atoms with Crippen molar-refractivity contribution in [1.29, 1.82) is 0 Å². The van der Waals surface area contributed by atoms with Crippen LogP contribution in [0.15, 0.2) is 18.2 Å². The molecule has 3 nitrogen and oxygen atoms in total. The Bertz CT molecular complexity index is 436. The molecule has 0 aliphatic carbocycles. The minimum absolute atomic E-state index is 0.125. The number of benzene rings is 1.